The fourth-order valence-corrected chi connectivity index (χ4v) is 1.90. The van der Waals surface area contributed by atoms with Crippen molar-refractivity contribution < 1.29 is 9.47 Å². The average Bonchev–Trinajstić information content (AvgIpc) is 2.30. The fraction of sp³-hybridized carbons (Fsp3) is 0.538. The maximum absolute atomic E-state index is 5.34. The van der Waals surface area contributed by atoms with Crippen LogP contribution in [0.4, 0.5) is 0 Å². The van der Waals surface area contributed by atoms with E-state index in [9.17, 15) is 0 Å². The molecule has 0 aliphatic heterocycles. The van der Waals surface area contributed by atoms with Crippen molar-refractivity contribution in [1.82, 2.24) is 5.32 Å². The molecule has 90 valence electrons. The first-order valence-electron chi connectivity index (χ1n) is 5.57. The first-order valence-corrected chi connectivity index (χ1v) is 5.57. The summed E-state index contributed by atoms with van der Waals surface area (Å²) in [6, 6.07) is 8.14. The van der Waals surface area contributed by atoms with E-state index in [1.807, 2.05) is 25.2 Å². The third kappa shape index (κ3) is 3.83. The zero-order valence-corrected chi connectivity index (χ0v) is 10.3. The number of rotatable bonds is 7. The molecule has 0 saturated heterocycles. The molecule has 3 heteroatoms. The van der Waals surface area contributed by atoms with Crippen LogP contribution in [0.1, 0.15) is 5.56 Å². The van der Waals surface area contributed by atoms with Crippen LogP contribution in [0.15, 0.2) is 24.3 Å². The normalized spacial score (nSPS) is 12.4. The van der Waals surface area contributed by atoms with Gasteiger partial charge in [-0.1, -0.05) is 18.2 Å². The predicted molar refractivity (Wildman–Crippen MR) is 66.0 cm³/mol. The van der Waals surface area contributed by atoms with Gasteiger partial charge in [0.2, 0.25) is 0 Å². The molecule has 1 aromatic rings. The molecule has 0 spiro atoms. The second-order valence-electron chi connectivity index (χ2n) is 3.90. The Kier molecular flexibility index (Phi) is 5.90. The molecule has 0 heterocycles. The van der Waals surface area contributed by atoms with E-state index in [4.69, 9.17) is 9.47 Å². The van der Waals surface area contributed by atoms with Gasteiger partial charge in [0, 0.05) is 13.7 Å². The van der Waals surface area contributed by atoms with E-state index >= 15 is 0 Å². The highest BCUT2D eigenvalue weighted by atomic mass is 16.5. The number of para-hydroxylation sites is 1. The van der Waals surface area contributed by atoms with Crippen LogP contribution < -0.4 is 10.1 Å². The van der Waals surface area contributed by atoms with E-state index in [1.165, 1.54) is 5.56 Å². The van der Waals surface area contributed by atoms with Gasteiger partial charge in [0.05, 0.1) is 13.7 Å². The minimum Gasteiger partial charge on any atom is -0.496 e. The van der Waals surface area contributed by atoms with Crippen molar-refractivity contribution in [3.63, 3.8) is 0 Å². The molecule has 3 nitrogen and oxygen atoms in total. The maximum Gasteiger partial charge on any atom is 0.122 e. The molecule has 1 N–H and O–H groups in total. The van der Waals surface area contributed by atoms with Crippen molar-refractivity contribution in [3.05, 3.63) is 29.8 Å². The summed E-state index contributed by atoms with van der Waals surface area (Å²) in [5, 5.41) is 3.19. The minimum atomic E-state index is 0.478. The Morgan fingerprint density at radius 2 is 2.00 bits per heavy atom. The molecule has 1 atom stereocenters. The van der Waals surface area contributed by atoms with E-state index < -0.39 is 0 Å². The Labute approximate surface area is 97.8 Å². The Balaban J connectivity index is 2.67. The van der Waals surface area contributed by atoms with Crippen LogP contribution in [0.5, 0.6) is 5.75 Å². The average molecular weight is 223 g/mol. The lowest BCUT2D eigenvalue weighted by Crippen LogP contribution is -2.24. The largest absolute Gasteiger partial charge is 0.496 e. The van der Waals surface area contributed by atoms with Gasteiger partial charge in [0.1, 0.15) is 5.75 Å². The third-order valence-electron chi connectivity index (χ3n) is 2.60. The number of hydrogen-bond donors (Lipinski definition) is 1. The summed E-state index contributed by atoms with van der Waals surface area (Å²) in [5.74, 6) is 1.44. The predicted octanol–water partition coefficient (Wildman–Crippen LogP) is 1.72. The van der Waals surface area contributed by atoms with Gasteiger partial charge in [0.25, 0.3) is 0 Å². The second kappa shape index (κ2) is 7.25. The van der Waals surface area contributed by atoms with Gasteiger partial charge in [-0.15, -0.1) is 0 Å². The van der Waals surface area contributed by atoms with Crippen molar-refractivity contribution in [2.24, 2.45) is 5.92 Å². The molecule has 1 unspecified atom stereocenters. The van der Waals surface area contributed by atoms with Gasteiger partial charge in [-0.25, -0.2) is 0 Å². The molecule has 16 heavy (non-hydrogen) atoms. The molecule has 1 aromatic carbocycles. The Hall–Kier alpha value is -1.06. The highest BCUT2D eigenvalue weighted by Crippen LogP contribution is 2.20. The monoisotopic (exact) mass is 223 g/mol. The van der Waals surface area contributed by atoms with Gasteiger partial charge >= 0.3 is 0 Å². The molecule has 1 rings (SSSR count). The molecular weight excluding hydrogens is 202 g/mol. The van der Waals surface area contributed by atoms with E-state index in [1.54, 1.807) is 14.2 Å². The van der Waals surface area contributed by atoms with Crippen LogP contribution in [0.2, 0.25) is 0 Å². The Morgan fingerprint density at radius 1 is 1.25 bits per heavy atom. The van der Waals surface area contributed by atoms with E-state index in [-0.39, 0.29) is 0 Å². The molecule has 0 amide bonds. The van der Waals surface area contributed by atoms with Crippen LogP contribution in [0.25, 0.3) is 0 Å². The van der Waals surface area contributed by atoms with Crippen molar-refractivity contribution in [2.75, 3.05) is 34.4 Å². The molecular formula is C13H21NO2. The zero-order chi connectivity index (χ0) is 11.8. The van der Waals surface area contributed by atoms with Crippen LogP contribution >= 0.6 is 0 Å². The van der Waals surface area contributed by atoms with Crippen molar-refractivity contribution in [2.45, 2.75) is 6.42 Å². The molecule has 0 saturated carbocycles. The summed E-state index contributed by atoms with van der Waals surface area (Å²) >= 11 is 0. The van der Waals surface area contributed by atoms with Gasteiger partial charge in [-0.2, -0.15) is 0 Å². The van der Waals surface area contributed by atoms with Gasteiger partial charge < -0.3 is 14.8 Å². The van der Waals surface area contributed by atoms with Crippen LogP contribution in [0.3, 0.4) is 0 Å². The molecule has 0 fully saturated rings. The number of nitrogens with one attached hydrogen (secondary N) is 1. The standard InChI is InChI=1S/C13H21NO2/c1-14-9-11(10-15-2)8-12-6-4-5-7-13(12)16-3/h4-7,11,14H,8-10H2,1-3H3. The number of hydrogen-bond acceptors (Lipinski definition) is 3. The molecule has 0 radical (unpaired) electrons. The lowest BCUT2D eigenvalue weighted by molar-refractivity contribution is 0.151. The first kappa shape index (κ1) is 13.0. The lowest BCUT2D eigenvalue weighted by atomic mass is 9.99. The molecule has 0 aliphatic rings. The second-order valence-corrected chi connectivity index (χ2v) is 3.90. The van der Waals surface area contributed by atoms with Crippen LogP contribution in [-0.4, -0.2) is 34.4 Å². The van der Waals surface area contributed by atoms with E-state index in [2.05, 4.69) is 11.4 Å². The van der Waals surface area contributed by atoms with E-state index in [0.29, 0.717) is 5.92 Å². The Morgan fingerprint density at radius 3 is 2.62 bits per heavy atom. The quantitative estimate of drug-likeness (QED) is 0.763. The zero-order valence-electron chi connectivity index (χ0n) is 10.3. The lowest BCUT2D eigenvalue weighted by Gasteiger charge is -2.17. The van der Waals surface area contributed by atoms with Crippen molar-refractivity contribution in [1.29, 1.82) is 0 Å². The highest BCUT2D eigenvalue weighted by Gasteiger charge is 2.11. The highest BCUT2D eigenvalue weighted by molar-refractivity contribution is 5.33. The summed E-state index contributed by atoms with van der Waals surface area (Å²) in [6.45, 7) is 1.71. The summed E-state index contributed by atoms with van der Waals surface area (Å²) in [4.78, 5) is 0. The fourth-order valence-electron chi connectivity index (χ4n) is 1.90. The maximum atomic E-state index is 5.34. The number of methoxy groups -OCH3 is 2. The third-order valence-corrected chi connectivity index (χ3v) is 2.60. The molecule has 0 aromatic heterocycles. The number of benzene rings is 1. The summed E-state index contributed by atoms with van der Waals surface area (Å²) in [5.41, 5.74) is 1.24. The molecule has 0 bridgehead atoms. The topological polar surface area (TPSA) is 30.5 Å². The minimum absolute atomic E-state index is 0.478. The van der Waals surface area contributed by atoms with Crippen LogP contribution in [-0.2, 0) is 11.2 Å². The van der Waals surface area contributed by atoms with Gasteiger partial charge in [-0.3, -0.25) is 0 Å². The summed E-state index contributed by atoms with van der Waals surface area (Å²) < 4.78 is 10.6. The summed E-state index contributed by atoms with van der Waals surface area (Å²) in [7, 11) is 5.41. The smallest absolute Gasteiger partial charge is 0.122 e. The van der Waals surface area contributed by atoms with E-state index in [0.717, 1.165) is 25.3 Å². The van der Waals surface area contributed by atoms with Gasteiger partial charge in [-0.05, 0) is 31.0 Å². The van der Waals surface area contributed by atoms with Crippen molar-refractivity contribution >= 4 is 0 Å². The van der Waals surface area contributed by atoms with Crippen LogP contribution in [0, 0.1) is 5.92 Å². The SMILES string of the molecule is CNCC(COC)Cc1ccccc1OC. The Bertz CT molecular complexity index is 296. The summed E-state index contributed by atoms with van der Waals surface area (Å²) in [6.07, 6.45) is 0.971. The number of ether oxygens (including phenoxy) is 2. The van der Waals surface area contributed by atoms with Gasteiger partial charge in [0.15, 0.2) is 0 Å². The molecule has 0 aliphatic carbocycles. The van der Waals surface area contributed by atoms with Crippen molar-refractivity contribution in [3.8, 4) is 5.75 Å². The first-order chi connectivity index (χ1) is 7.81.